The molecule has 4 nitrogen and oxygen atoms in total. The molecule has 16 heavy (non-hydrogen) atoms. The van der Waals surface area contributed by atoms with E-state index < -0.39 is 5.97 Å². The molecule has 2 N–H and O–H groups in total. The zero-order valence-corrected chi connectivity index (χ0v) is 9.03. The fraction of sp³-hybridized carbons (Fsp3) is 0.0909. The summed E-state index contributed by atoms with van der Waals surface area (Å²) in [7, 11) is 0. The molecule has 1 heterocycles. The van der Waals surface area contributed by atoms with Gasteiger partial charge in [0.25, 0.3) is 0 Å². The van der Waals surface area contributed by atoms with E-state index in [2.05, 4.69) is 10.3 Å². The quantitative estimate of drug-likeness (QED) is 0.859. The minimum absolute atomic E-state index is 0.168. The molecule has 1 aromatic carbocycles. The lowest BCUT2D eigenvalue weighted by Gasteiger charge is -2.07. The number of anilines is 1. The summed E-state index contributed by atoms with van der Waals surface area (Å²) in [5, 5.41) is 13.6. The molecule has 1 aromatic heterocycles. The molecule has 0 bridgehead atoms. The Bertz CT molecular complexity index is 542. The lowest BCUT2D eigenvalue weighted by Crippen LogP contribution is -2.13. The van der Waals surface area contributed by atoms with Crippen LogP contribution in [-0.2, 0) is 4.79 Å². The molecular weight excluding hydrogens is 228 g/mol. The van der Waals surface area contributed by atoms with Gasteiger partial charge >= 0.3 is 5.97 Å². The predicted octanol–water partition coefficient (Wildman–Crippen LogP) is 2.38. The largest absolute Gasteiger partial charge is 0.480 e. The number of carboxylic acids is 1. The van der Waals surface area contributed by atoms with Crippen LogP contribution in [0.15, 0.2) is 30.5 Å². The van der Waals surface area contributed by atoms with Crippen LogP contribution in [0.3, 0.4) is 0 Å². The Morgan fingerprint density at radius 2 is 2.19 bits per heavy atom. The van der Waals surface area contributed by atoms with Crippen molar-refractivity contribution in [1.82, 2.24) is 4.98 Å². The van der Waals surface area contributed by atoms with Crippen LogP contribution in [-0.4, -0.2) is 22.6 Å². The first-order valence-electron chi connectivity index (χ1n) is 4.67. The number of hydrogen-bond acceptors (Lipinski definition) is 3. The summed E-state index contributed by atoms with van der Waals surface area (Å²) in [5.74, 6) is -0.400. The van der Waals surface area contributed by atoms with E-state index in [4.69, 9.17) is 16.7 Å². The van der Waals surface area contributed by atoms with E-state index >= 15 is 0 Å². The second-order valence-corrected chi connectivity index (χ2v) is 3.65. The lowest BCUT2D eigenvalue weighted by molar-refractivity contribution is -0.134. The third kappa shape index (κ3) is 2.06. The number of hydrogen-bond donors (Lipinski definition) is 2. The molecule has 0 saturated carbocycles. The van der Waals surface area contributed by atoms with Gasteiger partial charge in [0.1, 0.15) is 12.4 Å². The third-order valence-corrected chi connectivity index (χ3v) is 2.49. The Balaban J connectivity index is 2.45. The monoisotopic (exact) mass is 236 g/mol. The highest BCUT2D eigenvalue weighted by atomic mass is 35.5. The maximum absolute atomic E-state index is 10.5. The number of nitrogens with zero attached hydrogens (tertiary/aromatic N) is 1. The summed E-state index contributed by atoms with van der Waals surface area (Å²) < 4.78 is 0. The molecule has 82 valence electrons. The minimum atomic E-state index is -0.930. The van der Waals surface area contributed by atoms with E-state index in [9.17, 15) is 4.79 Å². The van der Waals surface area contributed by atoms with Crippen molar-refractivity contribution in [3.05, 3.63) is 35.5 Å². The SMILES string of the molecule is O=C(O)CNc1nccc2c(Cl)cccc12. The number of halogens is 1. The molecule has 0 atom stereocenters. The third-order valence-electron chi connectivity index (χ3n) is 2.16. The summed E-state index contributed by atoms with van der Waals surface area (Å²) in [4.78, 5) is 14.5. The normalized spacial score (nSPS) is 10.3. The second kappa shape index (κ2) is 4.37. The number of fused-ring (bicyclic) bond motifs is 1. The van der Waals surface area contributed by atoms with Crippen molar-refractivity contribution >= 4 is 34.2 Å². The lowest BCUT2D eigenvalue weighted by atomic mass is 10.1. The van der Waals surface area contributed by atoms with E-state index in [-0.39, 0.29) is 6.54 Å². The van der Waals surface area contributed by atoms with Crippen LogP contribution in [0, 0.1) is 0 Å². The summed E-state index contributed by atoms with van der Waals surface area (Å²) in [6.45, 7) is -0.168. The van der Waals surface area contributed by atoms with Gasteiger partial charge in [0.05, 0.1) is 0 Å². The molecule has 2 aromatic rings. The van der Waals surface area contributed by atoms with Gasteiger partial charge in [-0.05, 0) is 12.1 Å². The van der Waals surface area contributed by atoms with Crippen molar-refractivity contribution in [3.63, 3.8) is 0 Å². The standard InChI is InChI=1S/C11H9ClN2O2/c12-9-3-1-2-8-7(9)4-5-13-11(8)14-6-10(15)16/h1-5H,6H2,(H,13,14)(H,15,16). The Kier molecular flexibility index (Phi) is 2.92. The molecule has 0 radical (unpaired) electrons. The highest BCUT2D eigenvalue weighted by Crippen LogP contribution is 2.26. The molecule has 2 rings (SSSR count). The molecule has 0 unspecified atom stereocenters. The van der Waals surface area contributed by atoms with Gasteiger partial charge < -0.3 is 10.4 Å². The molecule has 0 spiro atoms. The van der Waals surface area contributed by atoms with Gasteiger partial charge in [-0.3, -0.25) is 4.79 Å². The van der Waals surface area contributed by atoms with Gasteiger partial charge in [0, 0.05) is 22.0 Å². The number of carboxylic acid groups (broad SMARTS) is 1. The first-order valence-corrected chi connectivity index (χ1v) is 5.05. The van der Waals surface area contributed by atoms with Crippen LogP contribution in [0.4, 0.5) is 5.82 Å². The van der Waals surface area contributed by atoms with Crippen molar-refractivity contribution in [2.75, 3.05) is 11.9 Å². The molecular formula is C11H9ClN2O2. The fourth-order valence-corrected chi connectivity index (χ4v) is 1.71. The first kappa shape index (κ1) is 10.7. The van der Waals surface area contributed by atoms with Crippen molar-refractivity contribution in [1.29, 1.82) is 0 Å². The van der Waals surface area contributed by atoms with Crippen LogP contribution >= 0.6 is 11.6 Å². The molecule has 0 fully saturated rings. The number of nitrogens with one attached hydrogen (secondary N) is 1. The number of pyridine rings is 1. The number of rotatable bonds is 3. The smallest absolute Gasteiger partial charge is 0.322 e. The van der Waals surface area contributed by atoms with Crippen LogP contribution in [0.1, 0.15) is 0 Å². The maximum atomic E-state index is 10.5. The fourth-order valence-electron chi connectivity index (χ4n) is 1.47. The molecule has 5 heteroatoms. The first-order chi connectivity index (χ1) is 7.68. The Hall–Kier alpha value is -1.81. The molecule has 0 aliphatic carbocycles. The predicted molar refractivity (Wildman–Crippen MR) is 62.9 cm³/mol. The Morgan fingerprint density at radius 1 is 1.38 bits per heavy atom. The number of carbonyl (C=O) groups is 1. The van der Waals surface area contributed by atoms with Crippen LogP contribution in [0.2, 0.25) is 5.02 Å². The van der Waals surface area contributed by atoms with E-state index in [1.54, 1.807) is 24.4 Å². The van der Waals surface area contributed by atoms with E-state index in [0.29, 0.717) is 10.8 Å². The Labute approximate surface area is 96.9 Å². The van der Waals surface area contributed by atoms with E-state index in [1.165, 1.54) is 0 Å². The summed E-state index contributed by atoms with van der Waals surface area (Å²) in [6, 6.07) is 7.23. The molecule has 0 amide bonds. The molecule has 0 aliphatic rings. The number of benzene rings is 1. The average molecular weight is 237 g/mol. The zero-order valence-electron chi connectivity index (χ0n) is 8.27. The van der Waals surface area contributed by atoms with Gasteiger partial charge in [-0.25, -0.2) is 4.98 Å². The van der Waals surface area contributed by atoms with Gasteiger partial charge in [0.2, 0.25) is 0 Å². The van der Waals surface area contributed by atoms with Crippen LogP contribution < -0.4 is 5.32 Å². The zero-order chi connectivity index (χ0) is 11.5. The highest BCUT2D eigenvalue weighted by Gasteiger charge is 2.05. The topological polar surface area (TPSA) is 62.2 Å². The maximum Gasteiger partial charge on any atom is 0.322 e. The molecule has 0 aliphatic heterocycles. The summed E-state index contributed by atoms with van der Waals surface area (Å²) >= 11 is 6.02. The molecule has 0 saturated heterocycles. The van der Waals surface area contributed by atoms with Crippen molar-refractivity contribution in [2.24, 2.45) is 0 Å². The minimum Gasteiger partial charge on any atom is -0.480 e. The second-order valence-electron chi connectivity index (χ2n) is 3.24. The van der Waals surface area contributed by atoms with Gasteiger partial charge in [-0.2, -0.15) is 0 Å². The van der Waals surface area contributed by atoms with Crippen LogP contribution in [0.25, 0.3) is 10.8 Å². The Morgan fingerprint density at radius 3 is 2.94 bits per heavy atom. The average Bonchev–Trinajstić information content (AvgIpc) is 2.27. The van der Waals surface area contributed by atoms with Crippen molar-refractivity contribution in [3.8, 4) is 0 Å². The van der Waals surface area contributed by atoms with Gasteiger partial charge in [0.15, 0.2) is 0 Å². The number of aromatic nitrogens is 1. The van der Waals surface area contributed by atoms with Crippen molar-refractivity contribution in [2.45, 2.75) is 0 Å². The summed E-state index contributed by atoms with van der Waals surface area (Å²) in [5.41, 5.74) is 0. The van der Waals surface area contributed by atoms with Gasteiger partial charge in [-0.15, -0.1) is 0 Å². The van der Waals surface area contributed by atoms with E-state index in [0.717, 1.165) is 10.8 Å². The van der Waals surface area contributed by atoms with Crippen LogP contribution in [0.5, 0.6) is 0 Å². The van der Waals surface area contributed by atoms with Crippen molar-refractivity contribution < 1.29 is 9.90 Å². The summed E-state index contributed by atoms with van der Waals surface area (Å²) in [6.07, 6.45) is 1.60. The van der Waals surface area contributed by atoms with E-state index in [1.807, 2.05) is 6.07 Å². The van der Waals surface area contributed by atoms with Gasteiger partial charge in [-0.1, -0.05) is 23.7 Å². The highest BCUT2D eigenvalue weighted by molar-refractivity contribution is 6.35. The number of aliphatic carboxylic acids is 1.